The van der Waals surface area contributed by atoms with Crippen LogP contribution in [-0.4, -0.2) is 63.1 Å². The van der Waals surface area contributed by atoms with Crippen LogP contribution in [0.2, 0.25) is 0 Å². The summed E-state index contributed by atoms with van der Waals surface area (Å²) in [4.78, 5) is 27.4. The van der Waals surface area contributed by atoms with E-state index >= 15 is 0 Å². The third-order valence-corrected chi connectivity index (χ3v) is 5.80. The first-order valence-electron chi connectivity index (χ1n) is 7.24. The van der Waals surface area contributed by atoms with E-state index in [-0.39, 0.29) is 16.8 Å². The molecule has 0 aromatic heterocycles. The maximum Gasteiger partial charge on any atom is 0.320 e. The van der Waals surface area contributed by atoms with Gasteiger partial charge in [0, 0.05) is 36.2 Å². The van der Waals surface area contributed by atoms with Crippen LogP contribution in [0.15, 0.2) is 0 Å². The minimum absolute atomic E-state index is 0.0135. The lowest BCUT2D eigenvalue weighted by Crippen LogP contribution is -2.47. The molecule has 0 spiro atoms. The predicted octanol–water partition coefficient (Wildman–Crippen LogP) is 2.12. The summed E-state index contributed by atoms with van der Waals surface area (Å²) in [5, 5.41) is 9.15. The van der Waals surface area contributed by atoms with Crippen molar-refractivity contribution in [1.82, 2.24) is 9.80 Å². The maximum atomic E-state index is 12.6. The molecule has 2 unspecified atom stereocenters. The molecule has 0 bridgehead atoms. The van der Waals surface area contributed by atoms with Crippen LogP contribution in [0.1, 0.15) is 33.6 Å². The highest BCUT2D eigenvalue weighted by atomic mass is 32.2. The second-order valence-corrected chi connectivity index (χ2v) is 8.10. The number of aliphatic carboxylic acids is 1. The molecule has 2 aliphatic heterocycles. The van der Waals surface area contributed by atoms with Crippen molar-refractivity contribution in [3.63, 3.8) is 0 Å². The van der Waals surface area contributed by atoms with Gasteiger partial charge in [-0.05, 0) is 19.8 Å². The molecule has 2 atom stereocenters. The Labute approximate surface area is 124 Å². The van der Waals surface area contributed by atoms with Crippen molar-refractivity contribution in [3.05, 3.63) is 0 Å². The number of hydrogen-bond acceptors (Lipinski definition) is 3. The summed E-state index contributed by atoms with van der Waals surface area (Å²) in [5.41, 5.74) is 0. The lowest BCUT2D eigenvalue weighted by molar-refractivity contribution is -0.142. The lowest BCUT2D eigenvalue weighted by Gasteiger charge is -2.30. The van der Waals surface area contributed by atoms with Crippen molar-refractivity contribution >= 4 is 23.8 Å². The van der Waals surface area contributed by atoms with Crippen LogP contribution in [-0.2, 0) is 4.79 Å². The van der Waals surface area contributed by atoms with Crippen LogP contribution in [0.25, 0.3) is 0 Å². The molecule has 2 heterocycles. The number of carboxylic acid groups (broad SMARTS) is 1. The minimum Gasteiger partial charge on any atom is -0.481 e. The average molecular weight is 300 g/mol. The van der Waals surface area contributed by atoms with E-state index in [0.717, 1.165) is 25.3 Å². The molecule has 1 N–H and O–H groups in total. The molecule has 2 fully saturated rings. The zero-order chi connectivity index (χ0) is 14.9. The van der Waals surface area contributed by atoms with Gasteiger partial charge in [0.25, 0.3) is 0 Å². The van der Waals surface area contributed by atoms with Gasteiger partial charge in [0.15, 0.2) is 0 Å². The maximum absolute atomic E-state index is 12.6. The Bertz CT molecular complexity index is 400. The second-order valence-electron chi connectivity index (χ2n) is 6.30. The van der Waals surface area contributed by atoms with Crippen LogP contribution < -0.4 is 0 Å². The number of rotatable bonds is 1. The quantitative estimate of drug-likeness (QED) is 0.806. The highest BCUT2D eigenvalue weighted by Crippen LogP contribution is 2.32. The monoisotopic (exact) mass is 300 g/mol. The third kappa shape index (κ3) is 3.22. The van der Waals surface area contributed by atoms with Gasteiger partial charge in [0.1, 0.15) is 0 Å². The summed E-state index contributed by atoms with van der Waals surface area (Å²) in [7, 11) is 0. The summed E-state index contributed by atoms with van der Waals surface area (Å²) in [5.74, 6) is -0.263. The Hall–Kier alpha value is -0.910. The first kappa shape index (κ1) is 15.5. The fourth-order valence-corrected chi connectivity index (χ4v) is 4.03. The number of carboxylic acids is 1. The van der Waals surface area contributed by atoms with Crippen molar-refractivity contribution in [3.8, 4) is 0 Å². The molecule has 20 heavy (non-hydrogen) atoms. The summed E-state index contributed by atoms with van der Waals surface area (Å²) in [6.45, 7) is 8.35. The summed E-state index contributed by atoms with van der Waals surface area (Å²) in [6, 6.07) is -0.191. The van der Waals surface area contributed by atoms with E-state index in [1.807, 2.05) is 23.6 Å². The van der Waals surface area contributed by atoms with Gasteiger partial charge in [0.2, 0.25) is 0 Å². The highest BCUT2D eigenvalue weighted by Gasteiger charge is 2.40. The van der Waals surface area contributed by atoms with Crippen molar-refractivity contribution in [2.45, 2.75) is 44.4 Å². The van der Waals surface area contributed by atoms with Gasteiger partial charge in [0.05, 0.1) is 5.92 Å². The Morgan fingerprint density at radius 2 is 1.95 bits per heavy atom. The number of amides is 2. The third-order valence-electron chi connectivity index (χ3n) is 4.43. The number of likely N-dealkylation sites (tertiary alicyclic amines) is 1. The van der Waals surface area contributed by atoms with E-state index in [0.29, 0.717) is 13.0 Å². The molecule has 5 nitrogen and oxygen atoms in total. The molecule has 0 saturated carbocycles. The number of urea groups is 1. The molecular formula is C14H24N2O3S. The first-order valence-corrected chi connectivity index (χ1v) is 8.23. The van der Waals surface area contributed by atoms with E-state index < -0.39 is 11.9 Å². The smallest absolute Gasteiger partial charge is 0.320 e. The summed E-state index contributed by atoms with van der Waals surface area (Å²) in [6.07, 6.45) is 1.55. The number of nitrogens with zero attached hydrogens (tertiary/aromatic N) is 2. The number of carbonyl (C=O) groups excluding carboxylic acids is 1. The average Bonchev–Trinajstić information content (AvgIpc) is 2.64. The molecule has 6 heteroatoms. The van der Waals surface area contributed by atoms with E-state index in [1.165, 1.54) is 0 Å². The number of thioether (sulfide) groups is 1. The van der Waals surface area contributed by atoms with Gasteiger partial charge >= 0.3 is 12.0 Å². The van der Waals surface area contributed by atoms with Gasteiger partial charge < -0.3 is 14.9 Å². The van der Waals surface area contributed by atoms with Gasteiger partial charge in [-0.1, -0.05) is 13.8 Å². The van der Waals surface area contributed by atoms with Gasteiger partial charge in [-0.2, -0.15) is 11.8 Å². The molecule has 2 rings (SSSR count). The van der Waals surface area contributed by atoms with Crippen LogP contribution >= 0.6 is 11.8 Å². The number of carbonyl (C=O) groups is 2. The molecule has 0 aliphatic carbocycles. The fraction of sp³-hybridized carbons (Fsp3) is 0.857. The number of hydrogen-bond donors (Lipinski definition) is 1. The summed E-state index contributed by atoms with van der Waals surface area (Å²) < 4.78 is 0.218. The lowest BCUT2D eigenvalue weighted by atomic mass is 10.0. The van der Waals surface area contributed by atoms with E-state index in [4.69, 9.17) is 5.11 Å². The van der Waals surface area contributed by atoms with E-state index in [9.17, 15) is 9.59 Å². The normalized spacial score (nSPS) is 30.1. The zero-order valence-electron chi connectivity index (χ0n) is 12.5. The van der Waals surface area contributed by atoms with Crippen LogP contribution in [0.3, 0.4) is 0 Å². The fourth-order valence-electron chi connectivity index (χ4n) is 2.93. The zero-order valence-corrected chi connectivity index (χ0v) is 13.3. The van der Waals surface area contributed by atoms with Crippen molar-refractivity contribution in [2.24, 2.45) is 5.92 Å². The molecular weight excluding hydrogens is 276 g/mol. The highest BCUT2D eigenvalue weighted by molar-refractivity contribution is 8.00. The van der Waals surface area contributed by atoms with Crippen molar-refractivity contribution in [2.75, 3.05) is 25.4 Å². The van der Waals surface area contributed by atoms with Crippen molar-refractivity contribution < 1.29 is 14.7 Å². The molecule has 0 aromatic rings. The predicted molar refractivity (Wildman–Crippen MR) is 80.0 cm³/mol. The molecule has 114 valence electrons. The van der Waals surface area contributed by atoms with E-state index in [2.05, 4.69) is 13.8 Å². The first-order chi connectivity index (χ1) is 9.32. The Morgan fingerprint density at radius 1 is 1.25 bits per heavy atom. The Morgan fingerprint density at radius 3 is 2.55 bits per heavy atom. The molecule has 2 aliphatic rings. The second kappa shape index (κ2) is 5.84. The van der Waals surface area contributed by atoms with Crippen molar-refractivity contribution in [1.29, 1.82) is 0 Å². The van der Waals surface area contributed by atoms with Crippen LogP contribution in [0.4, 0.5) is 4.79 Å². The molecule has 2 saturated heterocycles. The van der Waals surface area contributed by atoms with Crippen LogP contribution in [0.5, 0.6) is 0 Å². The SMILES string of the molecule is CC1C(C(=O)O)CCN1C(=O)N1CCSC(C)(C)CC1. The van der Waals surface area contributed by atoms with Gasteiger partial charge in [-0.25, -0.2) is 4.79 Å². The standard InChI is InChI=1S/C14H24N2O3S/c1-10-11(12(17)18)4-6-16(10)13(19)15-7-5-14(2,3)20-9-8-15/h10-11H,4-9H2,1-3H3,(H,17,18). The topological polar surface area (TPSA) is 60.9 Å². The Kier molecular flexibility index (Phi) is 4.52. The minimum atomic E-state index is -0.791. The molecule has 0 radical (unpaired) electrons. The largest absolute Gasteiger partial charge is 0.481 e. The van der Waals surface area contributed by atoms with Crippen LogP contribution in [0, 0.1) is 5.92 Å². The Balaban J connectivity index is 1.99. The summed E-state index contributed by atoms with van der Waals surface area (Å²) >= 11 is 1.90. The van der Waals surface area contributed by atoms with Gasteiger partial charge in [-0.3, -0.25) is 4.79 Å². The van der Waals surface area contributed by atoms with Gasteiger partial charge in [-0.15, -0.1) is 0 Å². The van der Waals surface area contributed by atoms with E-state index in [1.54, 1.807) is 4.90 Å². The molecule has 0 aromatic carbocycles. The molecule has 2 amide bonds.